The molecular weight excluding hydrogens is 350 g/mol. The second-order valence-electron chi connectivity index (χ2n) is 9.26. The molecule has 1 aromatic heterocycles. The van der Waals surface area contributed by atoms with Crippen molar-refractivity contribution in [1.82, 2.24) is 4.98 Å². The fraction of sp³-hybridized carbons (Fsp3) is 0.607. The number of hydrogen-bond donors (Lipinski definition) is 0. The highest BCUT2D eigenvalue weighted by atomic mass is 14.7. The first-order valence-corrected chi connectivity index (χ1v) is 12.3. The van der Waals surface area contributed by atoms with Crippen molar-refractivity contribution >= 4 is 0 Å². The third kappa shape index (κ3) is 7.28. The molecule has 158 valence electrons. The van der Waals surface area contributed by atoms with E-state index in [1.807, 2.05) is 0 Å². The molecule has 1 heteroatoms. The fourth-order valence-corrected chi connectivity index (χ4v) is 4.92. The van der Waals surface area contributed by atoms with Gasteiger partial charge in [0.2, 0.25) is 0 Å². The lowest BCUT2D eigenvalue weighted by atomic mass is 9.78. The minimum atomic E-state index is 0.949. The number of aromatic nitrogens is 1. The second kappa shape index (κ2) is 12.2. The zero-order chi connectivity index (χ0) is 20.3. The Kier molecular flexibility index (Phi) is 9.25. The molecule has 0 aliphatic heterocycles. The minimum absolute atomic E-state index is 0.949. The monoisotopic (exact) mass is 391 g/mol. The smallest absolute Gasteiger partial charge is 0.0702 e. The number of pyridine rings is 1. The molecule has 0 bridgehead atoms. The maximum Gasteiger partial charge on any atom is 0.0702 e. The van der Waals surface area contributed by atoms with Gasteiger partial charge in [-0.1, -0.05) is 95.5 Å². The molecule has 0 radical (unpaired) electrons. The number of unbranched alkanes of at least 4 members (excludes halogenated alkanes) is 4. The molecule has 2 atom stereocenters. The third-order valence-corrected chi connectivity index (χ3v) is 6.95. The molecule has 0 spiro atoms. The number of benzene rings is 1. The second-order valence-corrected chi connectivity index (χ2v) is 9.26. The predicted octanol–water partition coefficient (Wildman–Crippen LogP) is 8.41. The van der Waals surface area contributed by atoms with Crippen molar-refractivity contribution in [2.45, 2.75) is 97.3 Å². The van der Waals surface area contributed by atoms with E-state index in [1.165, 1.54) is 93.7 Å². The summed E-state index contributed by atoms with van der Waals surface area (Å²) in [4.78, 5) is 4.73. The molecule has 1 aliphatic rings. The third-order valence-electron chi connectivity index (χ3n) is 6.95. The first-order valence-electron chi connectivity index (χ1n) is 12.3. The first kappa shape index (κ1) is 22.1. The maximum absolute atomic E-state index is 4.73. The van der Waals surface area contributed by atoms with Gasteiger partial charge in [0.15, 0.2) is 0 Å². The summed E-state index contributed by atoms with van der Waals surface area (Å²) in [6.45, 7) is 4.63. The van der Waals surface area contributed by atoms with Crippen molar-refractivity contribution in [1.29, 1.82) is 0 Å². The van der Waals surface area contributed by atoms with E-state index in [0.29, 0.717) is 0 Å². The Hall–Kier alpha value is -1.63. The highest BCUT2D eigenvalue weighted by Crippen LogP contribution is 2.33. The van der Waals surface area contributed by atoms with Crippen LogP contribution in [0.25, 0.3) is 11.3 Å². The van der Waals surface area contributed by atoms with Gasteiger partial charge < -0.3 is 0 Å². The summed E-state index contributed by atoms with van der Waals surface area (Å²) in [6.07, 6.45) is 19.7. The number of rotatable bonds is 11. The van der Waals surface area contributed by atoms with Crippen LogP contribution in [-0.4, -0.2) is 4.98 Å². The Morgan fingerprint density at radius 1 is 0.793 bits per heavy atom. The molecule has 29 heavy (non-hydrogen) atoms. The van der Waals surface area contributed by atoms with Gasteiger partial charge in [0, 0.05) is 11.8 Å². The van der Waals surface area contributed by atoms with Gasteiger partial charge in [-0.2, -0.15) is 0 Å². The van der Waals surface area contributed by atoms with Gasteiger partial charge in [-0.25, -0.2) is 0 Å². The lowest BCUT2D eigenvalue weighted by molar-refractivity contribution is 0.250. The minimum Gasteiger partial charge on any atom is -0.256 e. The topological polar surface area (TPSA) is 12.9 Å². The molecule has 2 unspecified atom stereocenters. The van der Waals surface area contributed by atoms with E-state index in [2.05, 4.69) is 56.4 Å². The fourth-order valence-electron chi connectivity index (χ4n) is 4.92. The molecule has 1 fully saturated rings. The highest BCUT2D eigenvalue weighted by Gasteiger charge is 2.20. The van der Waals surface area contributed by atoms with Crippen molar-refractivity contribution in [2.75, 3.05) is 0 Å². The van der Waals surface area contributed by atoms with E-state index in [-0.39, 0.29) is 0 Å². The molecule has 3 rings (SSSR count). The summed E-state index contributed by atoms with van der Waals surface area (Å²) in [5.41, 5.74) is 5.20. The van der Waals surface area contributed by atoms with Gasteiger partial charge >= 0.3 is 0 Å². The van der Waals surface area contributed by atoms with Crippen LogP contribution >= 0.6 is 0 Å². The Labute approximate surface area is 179 Å². The van der Waals surface area contributed by atoms with Crippen molar-refractivity contribution in [3.8, 4) is 11.3 Å². The van der Waals surface area contributed by atoms with Gasteiger partial charge in [0.05, 0.1) is 5.69 Å². The lowest BCUT2D eigenvalue weighted by Crippen LogP contribution is -2.15. The molecule has 1 nitrogen and oxygen atoms in total. The SMILES string of the molecule is CCCCCCCc1ccc(-c2ccc(CCC3CCCC(CC)C3)cc2)nc1. The molecule has 0 saturated heterocycles. The number of aryl methyl sites for hydroxylation is 2. The van der Waals surface area contributed by atoms with E-state index in [1.54, 1.807) is 0 Å². The zero-order valence-corrected chi connectivity index (χ0v) is 18.8. The Bertz CT molecular complexity index is 685. The summed E-state index contributed by atoms with van der Waals surface area (Å²) in [5, 5.41) is 0. The molecule has 1 aliphatic carbocycles. The van der Waals surface area contributed by atoms with Crippen LogP contribution in [-0.2, 0) is 12.8 Å². The standard InChI is InChI=1S/C28H41N/c1-3-5-6-7-8-10-26-17-20-28(29-22-26)27-18-15-24(16-19-27)13-14-25-12-9-11-23(4-2)21-25/h15-20,22-23,25H,3-14,21H2,1-2H3. The molecular formula is C28H41N. The molecule has 1 saturated carbocycles. The van der Waals surface area contributed by atoms with Crippen LogP contribution in [0, 0.1) is 11.8 Å². The van der Waals surface area contributed by atoms with E-state index in [0.717, 1.165) is 24.0 Å². The highest BCUT2D eigenvalue weighted by molar-refractivity contribution is 5.59. The van der Waals surface area contributed by atoms with Crippen LogP contribution in [0.15, 0.2) is 42.6 Å². The van der Waals surface area contributed by atoms with Crippen LogP contribution in [0.3, 0.4) is 0 Å². The quantitative estimate of drug-likeness (QED) is 0.350. The summed E-state index contributed by atoms with van der Waals surface area (Å²) in [5.74, 6) is 1.94. The molecule has 0 N–H and O–H groups in total. The van der Waals surface area contributed by atoms with Crippen molar-refractivity contribution in [2.24, 2.45) is 11.8 Å². The Morgan fingerprint density at radius 3 is 2.28 bits per heavy atom. The largest absolute Gasteiger partial charge is 0.256 e. The molecule has 0 amide bonds. The van der Waals surface area contributed by atoms with Gasteiger partial charge in [0.1, 0.15) is 0 Å². The van der Waals surface area contributed by atoms with Gasteiger partial charge in [0.25, 0.3) is 0 Å². The predicted molar refractivity (Wildman–Crippen MR) is 126 cm³/mol. The van der Waals surface area contributed by atoms with Gasteiger partial charge in [-0.3, -0.25) is 4.98 Å². The van der Waals surface area contributed by atoms with E-state index in [4.69, 9.17) is 4.98 Å². The number of hydrogen-bond acceptors (Lipinski definition) is 1. The van der Waals surface area contributed by atoms with Crippen molar-refractivity contribution < 1.29 is 0 Å². The molecule has 1 heterocycles. The summed E-state index contributed by atoms with van der Waals surface area (Å²) >= 11 is 0. The summed E-state index contributed by atoms with van der Waals surface area (Å²) in [6, 6.07) is 13.6. The van der Waals surface area contributed by atoms with Crippen LogP contribution in [0.5, 0.6) is 0 Å². The van der Waals surface area contributed by atoms with Crippen molar-refractivity contribution in [3.05, 3.63) is 53.7 Å². The van der Waals surface area contributed by atoms with Gasteiger partial charge in [-0.05, 0) is 61.1 Å². The van der Waals surface area contributed by atoms with E-state index in [9.17, 15) is 0 Å². The summed E-state index contributed by atoms with van der Waals surface area (Å²) < 4.78 is 0. The molecule has 1 aromatic carbocycles. The molecule has 2 aromatic rings. The van der Waals surface area contributed by atoms with Crippen LogP contribution in [0.4, 0.5) is 0 Å². The maximum atomic E-state index is 4.73. The van der Waals surface area contributed by atoms with Crippen LogP contribution in [0.2, 0.25) is 0 Å². The normalized spacial score (nSPS) is 19.4. The number of nitrogens with zero attached hydrogens (tertiary/aromatic N) is 1. The summed E-state index contributed by atoms with van der Waals surface area (Å²) in [7, 11) is 0. The van der Waals surface area contributed by atoms with Crippen LogP contribution in [0.1, 0.15) is 95.6 Å². The Morgan fingerprint density at radius 2 is 1.55 bits per heavy atom. The average Bonchev–Trinajstić information content (AvgIpc) is 2.78. The van der Waals surface area contributed by atoms with E-state index >= 15 is 0 Å². The Balaban J connectivity index is 1.45. The van der Waals surface area contributed by atoms with E-state index < -0.39 is 0 Å². The zero-order valence-electron chi connectivity index (χ0n) is 18.8. The van der Waals surface area contributed by atoms with Crippen LogP contribution < -0.4 is 0 Å². The van der Waals surface area contributed by atoms with Gasteiger partial charge in [-0.15, -0.1) is 0 Å². The lowest BCUT2D eigenvalue weighted by Gasteiger charge is -2.28. The average molecular weight is 392 g/mol. The first-order chi connectivity index (χ1) is 14.3. The van der Waals surface area contributed by atoms with Crippen molar-refractivity contribution in [3.63, 3.8) is 0 Å².